The summed E-state index contributed by atoms with van der Waals surface area (Å²) in [6, 6.07) is 0. The molecule has 0 N–H and O–H groups in total. The second-order valence-electron chi connectivity index (χ2n) is 3.33. The Morgan fingerprint density at radius 3 is 0.600 bits per heavy atom. The van der Waals surface area contributed by atoms with Crippen LogP contribution in [0.15, 0.2) is 0 Å². The van der Waals surface area contributed by atoms with E-state index in [2.05, 4.69) is 41.5 Å². The van der Waals surface area contributed by atoms with E-state index in [0.717, 1.165) is 0 Å². The molecule has 0 aliphatic heterocycles. The van der Waals surface area contributed by atoms with Gasteiger partial charge in [0.1, 0.15) is 0 Å². The zero-order valence-electron chi connectivity index (χ0n) is 13.3. The second kappa shape index (κ2) is 33.8. The maximum atomic E-state index is 4.81. The Balaban J connectivity index is -0.0000000927. The summed E-state index contributed by atoms with van der Waals surface area (Å²) in [5.74, 6) is 0. The molecule has 0 saturated carbocycles. The molecule has 0 saturated heterocycles. The number of halogens is 4. The molecular formula is C12H30Cl4P2Pd2. The van der Waals surface area contributed by atoms with E-state index in [1.807, 2.05) is 0 Å². The van der Waals surface area contributed by atoms with Gasteiger partial charge in [-0.25, -0.2) is 0 Å². The van der Waals surface area contributed by atoms with Gasteiger partial charge in [0.25, 0.3) is 0 Å². The van der Waals surface area contributed by atoms with Gasteiger partial charge in [-0.15, -0.1) is 15.8 Å². The summed E-state index contributed by atoms with van der Waals surface area (Å²) in [6.07, 6.45) is 8.51. The van der Waals surface area contributed by atoms with Crippen LogP contribution < -0.4 is 0 Å². The number of hydrogen-bond donors (Lipinski definition) is 0. The molecule has 0 atom stereocenters. The predicted molar refractivity (Wildman–Crippen MR) is 100 cm³/mol. The van der Waals surface area contributed by atoms with Gasteiger partial charge in [-0.3, -0.25) is 0 Å². The fourth-order valence-corrected chi connectivity index (χ4v) is 4.02. The first kappa shape index (κ1) is 31.1. The molecule has 20 heavy (non-hydrogen) atoms. The third-order valence-corrected chi connectivity index (χ3v) is 8.05. The van der Waals surface area contributed by atoms with Crippen LogP contribution in [-0.2, 0) is 31.9 Å². The van der Waals surface area contributed by atoms with E-state index >= 15 is 0 Å². The van der Waals surface area contributed by atoms with Gasteiger partial charge in [0.05, 0.1) is 0 Å². The molecule has 136 valence electrons. The third-order valence-electron chi connectivity index (χ3n) is 2.68. The van der Waals surface area contributed by atoms with Crippen molar-refractivity contribution < 1.29 is 31.9 Å². The normalized spacial score (nSPS) is 9.40. The van der Waals surface area contributed by atoms with Crippen LogP contribution in [0.25, 0.3) is 0 Å². The molecule has 0 aromatic heterocycles. The average molecular weight is 591 g/mol. The number of hydrogen-bond acceptors (Lipinski definition) is 0. The van der Waals surface area contributed by atoms with Crippen molar-refractivity contribution in [1.29, 1.82) is 0 Å². The molecule has 0 aromatic rings. The van der Waals surface area contributed by atoms with E-state index in [-0.39, 0.29) is 31.9 Å². The maximum absolute atomic E-state index is 4.81. The van der Waals surface area contributed by atoms with Gasteiger partial charge < -0.3 is 0 Å². The Morgan fingerprint density at radius 1 is 0.500 bits per heavy atom. The summed E-state index contributed by atoms with van der Waals surface area (Å²) < 4.78 is 0. The predicted octanol–water partition coefficient (Wildman–Crippen LogP) is 7.81. The first-order valence-corrected chi connectivity index (χ1v) is 18.4. The Hall–Kier alpha value is 3.34. The van der Waals surface area contributed by atoms with Crippen molar-refractivity contribution in [3.63, 3.8) is 0 Å². The molecule has 0 heterocycles. The molecule has 0 nitrogen and oxygen atoms in total. The van der Waals surface area contributed by atoms with Crippen molar-refractivity contribution in [2.24, 2.45) is 0 Å². The molecule has 0 bridgehead atoms. The van der Waals surface area contributed by atoms with Gasteiger partial charge in [0, 0.05) is 0 Å². The third kappa shape index (κ3) is 37.5. The summed E-state index contributed by atoms with van der Waals surface area (Å²) in [7, 11) is 20.1. The Labute approximate surface area is 162 Å². The van der Waals surface area contributed by atoms with Crippen LogP contribution in [-0.4, -0.2) is 37.0 Å². The van der Waals surface area contributed by atoms with Crippen LogP contribution in [0.3, 0.4) is 0 Å². The SMILES string of the molecule is CCP(CC)CC.CCP(CC)CC.[Cl][Pd][Cl].[Cl][Pd][Cl]. The Kier molecular flexibility index (Phi) is 52.7. The van der Waals surface area contributed by atoms with E-state index < -0.39 is 0 Å². The Bertz CT molecular complexity index is 105. The second-order valence-corrected chi connectivity index (χ2v) is 14.5. The van der Waals surface area contributed by atoms with Crippen LogP contribution in [0.5, 0.6) is 0 Å². The van der Waals surface area contributed by atoms with Crippen LogP contribution in [0.2, 0.25) is 0 Å². The van der Waals surface area contributed by atoms with Gasteiger partial charge in [-0.2, -0.15) is 0 Å². The minimum atomic E-state index is -0.106. The average Bonchev–Trinajstić information content (AvgIpc) is 2.45. The summed E-state index contributed by atoms with van der Waals surface area (Å²) in [4.78, 5) is 0. The zero-order valence-corrected chi connectivity index (χ0v) is 21.2. The van der Waals surface area contributed by atoms with Gasteiger partial charge in [-0.05, 0) is 37.0 Å². The first-order valence-electron chi connectivity index (χ1n) is 6.62. The summed E-state index contributed by atoms with van der Waals surface area (Å²) >= 11 is -0.211. The Morgan fingerprint density at radius 2 is 0.600 bits per heavy atom. The minimum absolute atomic E-state index is 0.106. The molecule has 0 rings (SSSR count). The fraction of sp³-hybridized carbons (Fsp3) is 1.00. The van der Waals surface area contributed by atoms with Crippen molar-refractivity contribution in [2.45, 2.75) is 41.5 Å². The summed E-state index contributed by atoms with van der Waals surface area (Å²) in [5.41, 5.74) is 0. The van der Waals surface area contributed by atoms with E-state index in [1.54, 1.807) is 0 Å². The first-order chi connectivity index (χ1) is 9.52. The standard InChI is InChI=1S/2C6H15P.4ClH.2Pd/c2*1-4-7(5-2)6-3;;;;;;/h2*4-6H2,1-3H3;4*1H;;/q;;;;;;2*+2/p-4. The van der Waals surface area contributed by atoms with Crippen molar-refractivity contribution in [3.8, 4) is 0 Å². The van der Waals surface area contributed by atoms with Gasteiger partial charge >= 0.3 is 70.0 Å². The van der Waals surface area contributed by atoms with Gasteiger partial charge in [0.15, 0.2) is 0 Å². The van der Waals surface area contributed by atoms with E-state index in [0.29, 0.717) is 15.8 Å². The van der Waals surface area contributed by atoms with Crippen molar-refractivity contribution in [1.82, 2.24) is 0 Å². The molecule has 0 radical (unpaired) electrons. The van der Waals surface area contributed by atoms with Crippen LogP contribution >= 0.6 is 54.0 Å². The molecule has 0 unspecified atom stereocenters. The van der Waals surface area contributed by atoms with Gasteiger partial charge in [0.2, 0.25) is 0 Å². The molecule has 0 amide bonds. The topological polar surface area (TPSA) is 0 Å². The van der Waals surface area contributed by atoms with Crippen LogP contribution in [0.1, 0.15) is 41.5 Å². The van der Waals surface area contributed by atoms with E-state index in [9.17, 15) is 0 Å². The summed E-state index contributed by atoms with van der Waals surface area (Å²) in [5, 5.41) is 0. The molecular weight excluding hydrogens is 561 g/mol. The van der Waals surface area contributed by atoms with Crippen molar-refractivity contribution >= 4 is 54.0 Å². The van der Waals surface area contributed by atoms with E-state index in [1.165, 1.54) is 37.0 Å². The van der Waals surface area contributed by atoms with Crippen LogP contribution in [0, 0.1) is 0 Å². The van der Waals surface area contributed by atoms with Gasteiger partial charge in [-0.1, -0.05) is 41.5 Å². The number of rotatable bonds is 6. The molecule has 0 aliphatic carbocycles. The summed E-state index contributed by atoms with van der Waals surface area (Å²) in [6.45, 7) is 13.7. The quantitative estimate of drug-likeness (QED) is 0.219. The molecule has 0 aliphatic rings. The fourth-order valence-electron chi connectivity index (χ4n) is 1.34. The zero-order chi connectivity index (χ0) is 16.8. The molecule has 0 fully saturated rings. The molecule has 8 heteroatoms. The van der Waals surface area contributed by atoms with E-state index in [4.69, 9.17) is 38.1 Å². The molecule has 0 spiro atoms. The molecule has 0 aromatic carbocycles. The van der Waals surface area contributed by atoms with Crippen molar-refractivity contribution in [2.75, 3.05) is 37.0 Å². The van der Waals surface area contributed by atoms with Crippen LogP contribution in [0.4, 0.5) is 0 Å². The monoisotopic (exact) mass is 588 g/mol. The van der Waals surface area contributed by atoms with Crippen molar-refractivity contribution in [3.05, 3.63) is 0 Å².